The van der Waals surface area contributed by atoms with Crippen LogP contribution in [0.4, 0.5) is 0 Å². The van der Waals surface area contributed by atoms with E-state index in [1.165, 1.54) is 0 Å². The monoisotopic (exact) mass is 226 g/mol. The average molecular weight is 226 g/mol. The Morgan fingerprint density at radius 2 is 2.06 bits per heavy atom. The molecular formula is C8H10N4O4. The van der Waals surface area contributed by atoms with Crippen LogP contribution in [0, 0.1) is 0 Å². The fraction of sp³-hybridized carbons (Fsp3) is 0.625. The molecule has 1 aliphatic heterocycles. The molecule has 1 rings (SSSR count). The van der Waals surface area contributed by atoms with Gasteiger partial charge in [0.1, 0.15) is 6.17 Å². The lowest BCUT2D eigenvalue weighted by atomic mass is 10.2. The Morgan fingerprint density at radius 3 is 2.50 bits per heavy atom. The van der Waals surface area contributed by atoms with Crippen molar-refractivity contribution in [3.8, 4) is 0 Å². The van der Waals surface area contributed by atoms with Gasteiger partial charge in [-0.1, -0.05) is 5.11 Å². The van der Waals surface area contributed by atoms with Crippen LogP contribution in [0.15, 0.2) is 5.11 Å². The van der Waals surface area contributed by atoms with Gasteiger partial charge >= 0.3 is 5.97 Å². The molecule has 8 heteroatoms. The van der Waals surface area contributed by atoms with Crippen molar-refractivity contribution in [3.05, 3.63) is 10.4 Å². The Bertz CT molecular complexity index is 358. The smallest absolute Gasteiger partial charge is 0.303 e. The molecule has 16 heavy (non-hydrogen) atoms. The summed E-state index contributed by atoms with van der Waals surface area (Å²) in [5.74, 6) is -1.92. The van der Waals surface area contributed by atoms with Crippen molar-refractivity contribution in [1.29, 1.82) is 0 Å². The third-order valence-electron chi connectivity index (χ3n) is 2.19. The highest BCUT2D eigenvalue weighted by atomic mass is 16.4. The van der Waals surface area contributed by atoms with Crippen molar-refractivity contribution in [3.63, 3.8) is 0 Å². The molecular weight excluding hydrogens is 216 g/mol. The second-order valence-electron chi connectivity index (χ2n) is 3.28. The summed E-state index contributed by atoms with van der Waals surface area (Å²) in [6.45, 7) is 0. The number of rotatable bonds is 5. The number of azide groups is 1. The number of nitrogens with zero attached hydrogens (tertiary/aromatic N) is 4. The van der Waals surface area contributed by atoms with Crippen LogP contribution in [0.1, 0.15) is 25.7 Å². The normalized spacial score (nSPS) is 17.1. The number of carbonyl (C=O) groups is 3. The number of aliphatic carboxylic acids is 1. The van der Waals surface area contributed by atoms with Crippen LogP contribution in [-0.4, -0.2) is 34.0 Å². The predicted octanol–water partition coefficient (Wildman–Crippen LogP) is 0.637. The molecule has 0 aromatic carbocycles. The van der Waals surface area contributed by atoms with Crippen LogP contribution in [-0.2, 0) is 14.4 Å². The van der Waals surface area contributed by atoms with Crippen molar-refractivity contribution in [2.75, 3.05) is 0 Å². The Labute approximate surface area is 90.5 Å². The number of carboxylic acid groups (broad SMARTS) is 1. The number of amides is 2. The molecule has 2 amide bonds. The van der Waals surface area contributed by atoms with E-state index >= 15 is 0 Å². The topological polar surface area (TPSA) is 123 Å². The minimum absolute atomic E-state index is 0.0587. The summed E-state index contributed by atoms with van der Waals surface area (Å²) < 4.78 is 0. The van der Waals surface area contributed by atoms with Crippen LogP contribution >= 0.6 is 0 Å². The summed E-state index contributed by atoms with van der Waals surface area (Å²) in [7, 11) is 0. The van der Waals surface area contributed by atoms with E-state index in [0.717, 1.165) is 4.90 Å². The fourth-order valence-corrected chi connectivity index (χ4v) is 1.48. The number of likely N-dealkylation sites (tertiary alicyclic amines) is 1. The Balaban J connectivity index is 2.76. The quantitative estimate of drug-likeness (QED) is 0.319. The van der Waals surface area contributed by atoms with E-state index in [2.05, 4.69) is 10.0 Å². The van der Waals surface area contributed by atoms with Crippen LogP contribution < -0.4 is 0 Å². The van der Waals surface area contributed by atoms with Crippen molar-refractivity contribution in [2.45, 2.75) is 31.8 Å². The lowest BCUT2D eigenvalue weighted by molar-refractivity contribution is -0.143. The number of imide groups is 1. The van der Waals surface area contributed by atoms with Gasteiger partial charge in [0, 0.05) is 24.2 Å². The molecule has 1 fully saturated rings. The first-order valence-electron chi connectivity index (χ1n) is 4.67. The summed E-state index contributed by atoms with van der Waals surface area (Å²) in [4.78, 5) is 36.4. The first-order chi connectivity index (χ1) is 7.56. The molecule has 8 nitrogen and oxygen atoms in total. The van der Waals surface area contributed by atoms with Gasteiger partial charge in [-0.3, -0.25) is 19.3 Å². The first kappa shape index (κ1) is 12.0. The minimum atomic E-state index is -1.07. The molecule has 1 N–H and O–H groups in total. The molecule has 0 spiro atoms. The van der Waals surface area contributed by atoms with E-state index in [1.807, 2.05) is 0 Å². The SMILES string of the molecule is [N-]=[N+]=NC(CCC(=O)O)N1C(=O)CCC1=O. The van der Waals surface area contributed by atoms with Gasteiger partial charge in [0.25, 0.3) is 0 Å². The van der Waals surface area contributed by atoms with Crippen LogP contribution in [0.2, 0.25) is 0 Å². The molecule has 0 aliphatic carbocycles. The van der Waals surface area contributed by atoms with Crippen molar-refractivity contribution >= 4 is 17.8 Å². The second-order valence-corrected chi connectivity index (χ2v) is 3.28. The van der Waals surface area contributed by atoms with E-state index in [0.29, 0.717) is 0 Å². The van der Waals surface area contributed by atoms with Crippen molar-refractivity contribution < 1.29 is 19.5 Å². The Morgan fingerprint density at radius 1 is 1.50 bits per heavy atom. The standard InChI is InChI=1S/C8H10N4O4/c9-11-10-5(1-4-8(15)16)12-6(13)2-3-7(12)14/h5H,1-4H2,(H,15,16). The summed E-state index contributed by atoms with van der Waals surface area (Å²) >= 11 is 0. The highest BCUT2D eigenvalue weighted by molar-refractivity contribution is 6.02. The van der Waals surface area contributed by atoms with Gasteiger partial charge in [-0.15, -0.1) is 0 Å². The highest BCUT2D eigenvalue weighted by Crippen LogP contribution is 2.19. The van der Waals surface area contributed by atoms with E-state index in [9.17, 15) is 14.4 Å². The maximum absolute atomic E-state index is 11.3. The number of carbonyl (C=O) groups excluding carboxylic acids is 2. The van der Waals surface area contributed by atoms with Gasteiger partial charge in [0.15, 0.2) is 0 Å². The van der Waals surface area contributed by atoms with Gasteiger partial charge in [-0.25, -0.2) is 0 Å². The lowest BCUT2D eigenvalue weighted by Gasteiger charge is -2.20. The van der Waals surface area contributed by atoms with Crippen LogP contribution in [0.3, 0.4) is 0 Å². The minimum Gasteiger partial charge on any atom is -0.481 e. The molecule has 86 valence electrons. The maximum Gasteiger partial charge on any atom is 0.303 e. The zero-order valence-corrected chi connectivity index (χ0v) is 8.37. The molecule has 1 atom stereocenters. The van der Waals surface area contributed by atoms with Gasteiger partial charge < -0.3 is 5.11 Å². The molecule has 0 aromatic rings. The third kappa shape index (κ3) is 2.71. The van der Waals surface area contributed by atoms with E-state index in [1.54, 1.807) is 0 Å². The summed E-state index contributed by atoms with van der Waals surface area (Å²) in [5.41, 5.74) is 8.30. The second kappa shape index (κ2) is 5.13. The third-order valence-corrected chi connectivity index (χ3v) is 2.19. The lowest BCUT2D eigenvalue weighted by Crippen LogP contribution is -2.38. The average Bonchev–Trinajstić information content (AvgIpc) is 2.54. The Kier molecular flexibility index (Phi) is 3.84. The van der Waals surface area contributed by atoms with E-state index in [-0.39, 0.29) is 25.7 Å². The van der Waals surface area contributed by atoms with Crippen molar-refractivity contribution in [1.82, 2.24) is 4.90 Å². The number of hydrogen-bond donors (Lipinski definition) is 1. The maximum atomic E-state index is 11.3. The summed E-state index contributed by atoms with van der Waals surface area (Å²) in [5, 5.41) is 11.8. The van der Waals surface area contributed by atoms with E-state index < -0.39 is 23.9 Å². The Hall–Kier alpha value is -2.08. The summed E-state index contributed by atoms with van der Waals surface area (Å²) in [6, 6.07) is 0. The molecule has 0 aromatic heterocycles. The summed E-state index contributed by atoms with van der Waals surface area (Å²) in [6.07, 6.45) is -1.17. The zero-order chi connectivity index (χ0) is 12.1. The molecule has 1 saturated heterocycles. The largest absolute Gasteiger partial charge is 0.481 e. The van der Waals surface area contributed by atoms with Gasteiger partial charge in [-0.05, 0) is 12.0 Å². The molecule has 1 heterocycles. The first-order valence-corrected chi connectivity index (χ1v) is 4.67. The molecule has 0 bridgehead atoms. The van der Waals surface area contributed by atoms with Crippen LogP contribution in [0.25, 0.3) is 10.4 Å². The molecule has 1 aliphatic rings. The van der Waals surface area contributed by atoms with E-state index in [4.69, 9.17) is 10.6 Å². The van der Waals surface area contributed by atoms with Crippen LogP contribution in [0.5, 0.6) is 0 Å². The number of hydrogen-bond acceptors (Lipinski definition) is 4. The predicted molar refractivity (Wildman–Crippen MR) is 50.9 cm³/mol. The molecule has 0 saturated carbocycles. The zero-order valence-electron chi connectivity index (χ0n) is 8.37. The highest BCUT2D eigenvalue weighted by Gasteiger charge is 2.34. The molecule has 0 radical (unpaired) electrons. The van der Waals surface area contributed by atoms with Gasteiger partial charge in [0.05, 0.1) is 0 Å². The fourth-order valence-electron chi connectivity index (χ4n) is 1.48. The van der Waals surface area contributed by atoms with Gasteiger partial charge in [0.2, 0.25) is 11.8 Å². The molecule has 1 unspecified atom stereocenters. The van der Waals surface area contributed by atoms with Gasteiger partial charge in [-0.2, -0.15) is 0 Å². The van der Waals surface area contributed by atoms with Crippen molar-refractivity contribution in [2.24, 2.45) is 5.11 Å². The number of carboxylic acids is 1.